The van der Waals surface area contributed by atoms with Crippen LogP contribution in [0.15, 0.2) is 98.6 Å². The molecule has 0 unspecified atom stereocenters. The van der Waals surface area contributed by atoms with E-state index < -0.39 is 19.7 Å². The van der Waals surface area contributed by atoms with Crippen LogP contribution in [0.3, 0.4) is 0 Å². The third-order valence-corrected chi connectivity index (χ3v) is 9.62. The Balaban J connectivity index is 1.81. The molecule has 0 aliphatic carbocycles. The van der Waals surface area contributed by atoms with Gasteiger partial charge in [-0.1, -0.05) is 47.5 Å². The van der Waals surface area contributed by atoms with Gasteiger partial charge in [0, 0.05) is 11.1 Å². The lowest BCUT2D eigenvalue weighted by molar-refractivity contribution is 0.592. The zero-order valence-corrected chi connectivity index (χ0v) is 20.6. The summed E-state index contributed by atoms with van der Waals surface area (Å²) >= 11 is 7.15. The van der Waals surface area contributed by atoms with Crippen LogP contribution in [0.2, 0.25) is 4.47 Å². The van der Waals surface area contributed by atoms with Crippen LogP contribution in [0.1, 0.15) is 10.4 Å². The van der Waals surface area contributed by atoms with Gasteiger partial charge in [-0.15, -0.1) is 11.3 Å². The normalized spacial score (nSPS) is 11.9. The van der Waals surface area contributed by atoms with Crippen LogP contribution in [0, 0.1) is 6.92 Å². The summed E-state index contributed by atoms with van der Waals surface area (Å²) < 4.78 is 53.4. The highest BCUT2D eigenvalue weighted by Gasteiger charge is 2.25. The molecule has 0 aliphatic heterocycles. The van der Waals surface area contributed by atoms with Crippen molar-refractivity contribution < 1.29 is 16.8 Å². The predicted octanol–water partition coefficient (Wildman–Crippen LogP) is 5.38. The molecule has 0 fully saturated rings. The van der Waals surface area contributed by atoms with Gasteiger partial charge in [-0.3, -0.25) is 0 Å². The number of anilines is 1. The predicted molar refractivity (Wildman–Crippen MR) is 129 cm³/mol. The van der Waals surface area contributed by atoms with E-state index in [0.29, 0.717) is 4.47 Å². The molecular weight excluding hydrogens is 500 g/mol. The molecule has 4 aromatic rings. The maximum Gasteiger partial charge on any atom is 0.208 e. The van der Waals surface area contributed by atoms with Crippen LogP contribution in [-0.4, -0.2) is 21.8 Å². The Morgan fingerprint density at radius 2 is 1.48 bits per heavy atom. The van der Waals surface area contributed by atoms with Gasteiger partial charge in [-0.25, -0.2) is 21.8 Å². The molecule has 0 aliphatic rings. The van der Waals surface area contributed by atoms with Crippen molar-refractivity contribution in [3.8, 4) is 0 Å². The molecular formula is C23H19ClN2O4S3. The summed E-state index contributed by atoms with van der Waals surface area (Å²) in [5.41, 5.74) is 1.11. The van der Waals surface area contributed by atoms with Gasteiger partial charge < -0.3 is 5.32 Å². The van der Waals surface area contributed by atoms with E-state index in [0.717, 1.165) is 10.4 Å². The highest BCUT2D eigenvalue weighted by molar-refractivity contribution is 7.92. The first-order chi connectivity index (χ1) is 15.7. The number of hydrogen-bond acceptors (Lipinski definition) is 7. The molecule has 6 nitrogen and oxygen atoms in total. The first-order valence-corrected chi connectivity index (χ1v) is 13.9. The van der Waals surface area contributed by atoms with Crippen LogP contribution in [0.5, 0.6) is 0 Å². The standard InChI is InChI=1S/C23H19ClN2O4S3/c1-16-7-9-19(10-8-16)33(29,30)22-12-11-20(32(27,28)18-5-3-2-4-6-18)13-21(22)25-14-17-15-26-23(24)31-17/h2-13,15,25H,14H2,1H3. The fraction of sp³-hybridized carbons (Fsp3) is 0.0870. The van der Waals surface area contributed by atoms with Crippen molar-refractivity contribution in [3.63, 3.8) is 0 Å². The Kier molecular flexibility index (Phi) is 6.58. The quantitative estimate of drug-likeness (QED) is 0.353. The van der Waals surface area contributed by atoms with Crippen LogP contribution in [0.25, 0.3) is 0 Å². The molecule has 0 amide bonds. The van der Waals surface area contributed by atoms with Gasteiger partial charge in [-0.2, -0.15) is 0 Å². The number of aryl methyl sites for hydroxylation is 1. The molecule has 0 bridgehead atoms. The maximum atomic E-state index is 13.4. The van der Waals surface area contributed by atoms with Crippen LogP contribution < -0.4 is 5.32 Å². The Hall–Kier alpha value is -2.72. The first-order valence-electron chi connectivity index (χ1n) is 9.78. The number of sulfone groups is 2. The van der Waals surface area contributed by atoms with Gasteiger partial charge in [-0.05, 0) is 49.4 Å². The van der Waals surface area contributed by atoms with Crippen molar-refractivity contribution in [3.05, 3.63) is 93.9 Å². The van der Waals surface area contributed by atoms with Crippen LogP contribution in [0.4, 0.5) is 5.69 Å². The summed E-state index contributed by atoms with van der Waals surface area (Å²) in [4.78, 5) is 4.97. The molecule has 0 radical (unpaired) electrons. The summed E-state index contributed by atoms with van der Waals surface area (Å²) in [5, 5.41) is 3.06. The number of rotatable bonds is 7. The van der Waals surface area contributed by atoms with Gasteiger partial charge in [0.15, 0.2) is 4.47 Å². The minimum Gasteiger partial charge on any atom is -0.379 e. The van der Waals surface area contributed by atoms with E-state index >= 15 is 0 Å². The molecule has 1 aromatic heterocycles. The maximum absolute atomic E-state index is 13.4. The molecule has 0 spiro atoms. The third-order valence-electron chi connectivity index (χ3n) is 4.91. The SMILES string of the molecule is Cc1ccc(S(=O)(=O)c2ccc(S(=O)(=O)c3ccccc3)cc2NCc2cnc(Cl)s2)cc1. The second-order valence-electron chi connectivity index (χ2n) is 7.22. The zero-order chi connectivity index (χ0) is 23.6. The minimum absolute atomic E-state index is 0.0126. The van der Waals surface area contributed by atoms with Crippen LogP contribution in [-0.2, 0) is 26.2 Å². The number of hydrogen-bond donors (Lipinski definition) is 1. The topological polar surface area (TPSA) is 93.2 Å². The lowest BCUT2D eigenvalue weighted by Crippen LogP contribution is -2.10. The fourth-order valence-electron chi connectivity index (χ4n) is 3.18. The second kappa shape index (κ2) is 9.26. The first kappa shape index (κ1) is 23.4. The Morgan fingerprint density at radius 1 is 0.848 bits per heavy atom. The van der Waals surface area contributed by atoms with E-state index in [1.165, 1.54) is 53.8 Å². The second-order valence-corrected chi connectivity index (χ2v) is 12.8. The lowest BCUT2D eigenvalue weighted by atomic mass is 10.2. The minimum atomic E-state index is -3.91. The molecule has 0 atom stereocenters. The number of nitrogens with zero attached hydrogens (tertiary/aromatic N) is 1. The number of thiazole rings is 1. The molecule has 33 heavy (non-hydrogen) atoms. The van der Waals surface area contributed by atoms with Crippen LogP contribution >= 0.6 is 22.9 Å². The molecule has 4 rings (SSSR count). The average Bonchev–Trinajstić information content (AvgIpc) is 3.23. The smallest absolute Gasteiger partial charge is 0.208 e. The van der Waals surface area contributed by atoms with Gasteiger partial charge >= 0.3 is 0 Å². The van der Waals surface area contributed by atoms with Gasteiger partial charge in [0.2, 0.25) is 19.7 Å². The van der Waals surface area contributed by atoms with Crippen molar-refractivity contribution in [2.24, 2.45) is 0 Å². The van der Waals surface area contributed by atoms with E-state index in [9.17, 15) is 16.8 Å². The van der Waals surface area contributed by atoms with E-state index in [1.54, 1.807) is 36.5 Å². The zero-order valence-electron chi connectivity index (χ0n) is 17.4. The molecule has 1 N–H and O–H groups in total. The molecule has 3 aromatic carbocycles. The largest absolute Gasteiger partial charge is 0.379 e. The molecule has 1 heterocycles. The van der Waals surface area contributed by atoms with Gasteiger partial charge in [0.25, 0.3) is 0 Å². The highest BCUT2D eigenvalue weighted by Crippen LogP contribution is 2.33. The van der Waals surface area contributed by atoms with Gasteiger partial charge in [0.1, 0.15) is 0 Å². The Morgan fingerprint density at radius 3 is 2.12 bits per heavy atom. The van der Waals surface area contributed by atoms with Crippen molar-refractivity contribution >= 4 is 48.3 Å². The van der Waals surface area contributed by atoms with E-state index in [-0.39, 0.29) is 31.8 Å². The monoisotopic (exact) mass is 518 g/mol. The van der Waals surface area contributed by atoms with E-state index in [4.69, 9.17) is 11.6 Å². The Bertz CT molecular complexity index is 1500. The summed E-state index contributed by atoms with van der Waals surface area (Å²) in [7, 11) is -7.75. The Labute approximate surface area is 201 Å². The third kappa shape index (κ3) is 4.96. The molecule has 0 saturated carbocycles. The average molecular weight is 519 g/mol. The molecule has 10 heteroatoms. The summed E-state index contributed by atoms with van der Waals surface area (Å²) in [6, 6.07) is 18.5. The highest BCUT2D eigenvalue weighted by atomic mass is 35.5. The number of nitrogens with one attached hydrogen (secondary N) is 1. The van der Waals surface area contributed by atoms with E-state index in [2.05, 4.69) is 10.3 Å². The number of aromatic nitrogens is 1. The van der Waals surface area contributed by atoms with Crippen molar-refractivity contribution in [2.75, 3.05) is 5.32 Å². The summed E-state index contributed by atoms with van der Waals surface area (Å²) in [6.45, 7) is 2.10. The summed E-state index contributed by atoms with van der Waals surface area (Å²) in [6.07, 6.45) is 1.58. The summed E-state index contributed by atoms with van der Waals surface area (Å²) in [5.74, 6) is 0. The van der Waals surface area contributed by atoms with Crippen molar-refractivity contribution in [2.45, 2.75) is 33.1 Å². The molecule has 0 saturated heterocycles. The van der Waals surface area contributed by atoms with Gasteiger partial charge in [0.05, 0.1) is 31.8 Å². The number of benzene rings is 3. The van der Waals surface area contributed by atoms with E-state index in [1.807, 2.05) is 6.92 Å². The fourth-order valence-corrected chi connectivity index (χ4v) is 6.82. The van der Waals surface area contributed by atoms with Crippen molar-refractivity contribution in [1.82, 2.24) is 4.98 Å². The van der Waals surface area contributed by atoms with Crippen molar-refractivity contribution in [1.29, 1.82) is 0 Å². The molecule has 170 valence electrons. The lowest BCUT2D eigenvalue weighted by Gasteiger charge is -2.15. The number of halogens is 1.